The lowest BCUT2D eigenvalue weighted by Gasteiger charge is -2.34. The highest BCUT2D eigenvalue weighted by Crippen LogP contribution is 2.13. The van der Waals surface area contributed by atoms with Gasteiger partial charge in [-0.05, 0) is 26.9 Å². The van der Waals surface area contributed by atoms with Crippen molar-refractivity contribution in [3.8, 4) is 0 Å². The van der Waals surface area contributed by atoms with Crippen LogP contribution in [0, 0.1) is 6.92 Å². The number of piperazine rings is 1. The minimum atomic E-state index is 0.830. The van der Waals surface area contributed by atoms with Crippen LogP contribution >= 0.6 is 0 Å². The Kier molecular flexibility index (Phi) is 5.10. The van der Waals surface area contributed by atoms with E-state index in [-0.39, 0.29) is 0 Å². The number of anilines is 1. The number of hydrogen-bond acceptors (Lipinski definition) is 5. The predicted molar refractivity (Wildman–Crippen MR) is 78.5 cm³/mol. The zero-order valence-corrected chi connectivity index (χ0v) is 12.3. The van der Waals surface area contributed by atoms with Crippen molar-refractivity contribution in [1.29, 1.82) is 0 Å². The molecule has 1 aromatic rings. The minimum Gasteiger partial charge on any atom is -0.338 e. The normalized spacial score (nSPS) is 16.9. The predicted octanol–water partition coefficient (Wildman–Crippen LogP) is 1.04. The van der Waals surface area contributed by atoms with Crippen molar-refractivity contribution >= 4 is 5.95 Å². The molecule has 5 heteroatoms. The van der Waals surface area contributed by atoms with Crippen molar-refractivity contribution in [3.63, 3.8) is 0 Å². The highest BCUT2D eigenvalue weighted by atomic mass is 15.3. The largest absolute Gasteiger partial charge is 0.338 e. The first-order valence-electron chi connectivity index (χ1n) is 7.19. The molecule has 0 saturated carbocycles. The van der Waals surface area contributed by atoms with E-state index in [4.69, 9.17) is 0 Å². The molecule has 5 nitrogen and oxygen atoms in total. The molecule has 0 radical (unpaired) electrons. The van der Waals surface area contributed by atoms with Crippen LogP contribution in [0.5, 0.6) is 0 Å². The quantitative estimate of drug-likeness (QED) is 0.860. The molecule has 0 aliphatic carbocycles. The van der Waals surface area contributed by atoms with Gasteiger partial charge in [0.15, 0.2) is 0 Å². The van der Waals surface area contributed by atoms with Crippen LogP contribution in [0.25, 0.3) is 0 Å². The van der Waals surface area contributed by atoms with Gasteiger partial charge in [-0.15, -0.1) is 0 Å². The van der Waals surface area contributed by atoms with E-state index >= 15 is 0 Å². The van der Waals surface area contributed by atoms with Gasteiger partial charge in [0.2, 0.25) is 5.95 Å². The summed E-state index contributed by atoms with van der Waals surface area (Å²) in [6, 6.07) is 0. The minimum absolute atomic E-state index is 0.830. The maximum Gasteiger partial charge on any atom is 0.225 e. The number of nitrogens with zero attached hydrogens (tertiary/aromatic N) is 4. The van der Waals surface area contributed by atoms with E-state index < -0.39 is 0 Å². The average molecular weight is 263 g/mol. The van der Waals surface area contributed by atoms with E-state index in [1.165, 1.54) is 18.5 Å². The fourth-order valence-corrected chi connectivity index (χ4v) is 2.48. The summed E-state index contributed by atoms with van der Waals surface area (Å²) in [4.78, 5) is 14.0. The smallest absolute Gasteiger partial charge is 0.225 e. The Morgan fingerprint density at radius 3 is 2.58 bits per heavy atom. The Bertz CT molecular complexity index is 399. The van der Waals surface area contributed by atoms with Gasteiger partial charge in [-0.1, -0.05) is 6.92 Å². The molecular weight excluding hydrogens is 238 g/mol. The Hall–Kier alpha value is -1.20. The van der Waals surface area contributed by atoms with Gasteiger partial charge in [0, 0.05) is 50.2 Å². The molecule has 1 aliphatic heterocycles. The summed E-state index contributed by atoms with van der Waals surface area (Å²) in [7, 11) is 1.94. The van der Waals surface area contributed by atoms with Crippen LogP contribution < -0.4 is 10.2 Å². The highest BCUT2D eigenvalue weighted by Gasteiger charge is 2.18. The van der Waals surface area contributed by atoms with Crippen LogP contribution in [0.1, 0.15) is 24.6 Å². The van der Waals surface area contributed by atoms with Crippen LogP contribution in [-0.2, 0) is 6.54 Å². The van der Waals surface area contributed by atoms with Gasteiger partial charge in [0.25, 0.3) is 0 Å². The fraction of sp³-hybridized carbons (Fsp3) is 0.714. The molecule has 1 saturated heterocycles. The summed E-state index contributed by atoms with van der Waals surface area (Å²) in [5.41, 5.74) is 2.26. The van der Waals surface area contributed by atoms with Gasteiger partial charge in [0.05, 0.1) is 0 Å². The molecule has 1 fully saturated rings. The fourth-order valence-electron chi connectivity index (χ4n) is 2.48. The van der Waals surface area contributed by atoms with Gasteiger partial charge >= 0.3 is 0 Å². The second-order valence-corrected chi connectivity index (χ2v) is 5.14. The van der Waals surface area contributed by atoms with Gasteiger partial charge in [-0.3, -0.25) is 4.90 Å². The number of aryl methyl sites for hydroxylation is 1. The summed E-state index contributed by atoms with van der Waals surface area (Å²) in [6.45, 7) is 10.6. The average Bonchev–Trinajstić information content (AvgIpc) is 2.43. The van der Waals surface area contributed by atoms with Crippen molar-refractivity contribution in [2.45, 2.75) is 26.8 Å². The van der Waals surface area contributed by atoms with Gasteiger partial charge < -0.3 is 10.2 Å². The van der Waals surface area contributed by atoms with E-state index in [9.17, 15) is 0 Å². The van der Waals surface area contributed by atoms with E-state index in [2.05, 4.69) is 38.9 Å². The molecule has 0 unspecified atom stereocenters. The number of rotatable bonds is 5. The molecule has 1 aromatic heterocycles. The van der Waals surface area contributed by atoms with Crippen molar-refractivity contribution in [3.05, 3.63) is 17.5 Å². The molecule has 106 valence electrons. The van der Waals surface area contributed by atoms with Crippen LogP contribution in [0.2, 0.25) is 0 Å². The lowest BCUT2D eigenvalue weighted by atomic mass is 10.2. The molecule has 2 heterocycles. The molecule has 0 amide bonds. The highest BCUT2D eigenvalue weighted by molar-refractivity contribution is 5.33. The molecule has 0 spiro atoms. The monoisotopic (exact) mass is 263 g/mol. The van der Waals surface area contributed by atoms with Crippen molar-refractivity contribution in [2.75, 3.05) is 44.7 Å². The Morgan fingerprint density at radius 1 is 1.26 bits per heavy atom. The molecule has 2 rings (SSSR count). The second kappa shape index (κ2) is 6.82. The molecule has 0 aromatic carbocycles. The zero-order valence-electron chi connectivity index (χ0n) is 12.3. The first-order valence-corrected chi connectivity index (χ1v) is 7.19. The third-order valence-electron chi connectivity index (χ3n) is 3.63. The van der Waals surface area contributed by atoms with E-state index in [0.717, 1.165) is 44.4 Å². The standard InChI is InChI=1S/C14H25N5/c1-4-5-18-6-8-19(9-7-18)14-16-11-13(10-15-3)12(2)17-14/h11,15H,4-10H2,1-3H3. The van der Waals surface area contributed by atoms with Crippen LogP contribution in [0.3, 0.4) is 0 Å². The number of hydrogen-bond donors (Lipinski definition) is 1. The molecule has 0 bridgehead atoms. The van der Waals surface area contributed by atoms with Crippen LogP contribution in [0.4, 0.5) is 5.95 Å². The van der Waals surface area contributed by atoms with Crippen LogP contribution in [0.15, 0.2) is 6.20 Å². The summed E-state index contributed by atoms with van der Waals surface area (Å²) < 4.78 is 0. The van der Waals surface area contributed by atoms with Gasteiger partial charge in [-0.2, -0.15) is 0 Å². The maximum absolute atomic E-state index is 4.64. The third kappa shape index (κ3) is 3.64. The molecule has 0 atom stereocenters. The third-order valence-corrected chi connectivity index (χ3v) is 3.63. The molecule has 19 heavy (non-hydrogen) atoms. The van der Waals surface area contributed by atoms with Gasteiger partial charge in [0.1, 0.15) is 0 Å². The van der Waals surface area contributed by atoms with E-state index in [1.807, 2.05) is 13.2 Å². The second-order valence-electron chi connectivity index (χ2n) is 5.14. The number of nitrogens with one attached hydrogen (secondary N) is 1. The number of aromatic nitrogens is 2. The van der Waals surface area contributed by atoms with Crippen LogP contribution in [-0.4, -0.2) is 54.6 Å². The summed E-state index contributed by atoms with van der Waals surface area (Å²) in [5.74, 6) is 0.883. The van der Waals surface area contributed by atoms with Crippen molar-refractivity contribution in [1.82, 2.24) is 20.2 Å². The molecule has 1 N–H and O–H groups in total. The Labute approximate surface area is 116 Å². The first kappa shape index (κ1) is 14.2. The Balaban J connectivity index is 1.97. The van der Waals surface area contributed by atoms with Gasteiger partial charge in [-0.25, -0.2) is 9.97 Å². The lowest BCUT2D eigenvalue weighted by molar-refractivity contribution is 0.257. The van der Waals surface area contributed by atoms with E-state index in [1.54, 1.807) is 0 Å². The summed E-state index contributed by atoms with van der Waals surface area (Å²) in [5, 5.41) is 3.14. The molecule has 1 aliphatic rings. The lowest BCUT2D eigenvalue weighted by Crippen LogP contribution is -2.47. The van der Waals surface area contributed by atoms with Crippen molar-refractivity contribution < 1.29 is 0 Å². The molecular formula is C14H25N5. The zero-order chi connectivity index (χ0) is 13.7. The summed E-state index contributed by atoms with van der Waals surface area (Å²) in [6.07, 6.45) is 3.18. The summed E-state index contributed by atoms with van der Waals surface area (Å²) >= 11 is 0. The first-order chi connectivity index (χ1) is 9.24. The Morgan fingerprint density at radius 2 is 2.00 bits per heavy atom. The van der Waals surface area contributed by atoms with Crippen molar-refractivity contribution in [2.24, 2.45) is 0 Å². The maximum atomic E-state index is 4.64. The van der Waals surface area contributed by atoms with E-state index in [0.29, 0.717) is 0 Å². The SMILES string of the molecule is CCCN1CCN(c2ncc(CNC)c(C)n2)CC1. The topological polar surface area (TPSA) is 44.3 Å².